The lowest BCUT2D eigenvalue weighted by molar-refractivity contribution is 0.126. The van der Waals surface area contributed by atoms with Crippen LogP contribution < -0.4 is 5.32 Å². The molecule has 0 radical (unpaired) electrons. The van der Waals surface area contributed by atoms with Gasteiger partial charge in [-0.1, -0.05) is 48.9 Å². The van der Waals surface area contributed by atoms with Gasteiger partial charge in [-0.2, -0.15) is 0 Å². The molecular weight excluding hydrogens is 210 g/mol. The van der Waals surface area contributed by atoms with Crippen molar-refractivity contribution in [1.82, 2.24) is 5.32 Å². The fourth-order valence-corrected chi connectivity index (χ4v) is 2.09. The average Bonchev–Trinajstić information content (AvgIpc) is 2.41. The van der Waals surface area contributed by atoms with E-state index >= 15 is 0 Å². The zero-order valence-electron chi connectivity index (χ0n) is 10.3. The van der Waals surface area contributed by atoms with Crippen LogP contribution in [0.25, 0.3) is 6.08 Å². The highest BCUT2D eigenvalue weighted by molar-refractivity contribution is 5.48. The molecule has 1 aromatic rings. The van der Waals surface area contributed by atoms with Crippen LogP contribution in [-0.4, -0.2) is 25.8 Å². The maximum atomic E-state index is 5.65. The summed E-state index contributed by atoms with van der Waals surface area (Å²) in [4.78, 5) is 0. The van der Waals surface area contributed by atoms with Crippen molar-refractivity contribution in [3.8, 4) is 0 Å². The van der Waals surface area contributed by atoms with Crippen LogP contribution in [0.1, 0.15) is 24.8 Å². The van der Waals surface area contributed by atoms with E-state index in [-0.39, 0.29) is 0 Å². The molecule has 17 heavy (non-hydrogen) atoms. The largest absolute Gasteiger partial charge is 0.376 e. The molecule has 1 atom stereocenters. The molecule has 1 unspecified atom stereocenters. The first kappa shape index (κ1) is 12.3. The Morgan fingerprint density at radius 2 is 2.12 bits per heavy atom. The summed E-state index contributed by atoms with van der Waals surface area (Å²) in [5.74, 6) is 0. The van der Waals surface area contributed by atoms with Gasteiger partial charge in [0.15, 0.2) is 0 Å². The molecule has 92 valence electrons. The summed E-state index contributed by atoms with van der Waals surface area (Å²) < 4.78 is 5.65. The minimum atomic E-state index is 0.564. The number of hydrogen-bond donors (Lipinski definition) is 1. The number of rotatable bonds is 5. The molecule has 0 spiro atoms. The molecule has 0 saturated carbocycles. The SMILES string of the molecule is C(=Cc1ccccc1)COCC1CCCCN1. The van der Waals surface area contributed by atoms with Crippen LogP contribution in [0.3, 0.4) is 0 Å². The summed E-state index contributed by atoms with van der Waals surface area (Å²) in [6.07, 6.45) is 8.08. The van der Waals surface area contributed by atoms with Crippen LogP contribution in [0.2, 0.25) is 0 Å². The van der Waals surface area contributed by atoms with Crippen molar-refractivity contribution in [3.63, 3.8) is 0 Å². The Balaban J connectivity index is 1.61. The average molecular weight is 231 g/mol. The molecule has 1 aliphatic rings. The molecular formula is C15H21NO. The molecule has 0 amide bonds. The Morgan fingerprint density at radius 3 is 2.88 bits per heavy atom. The Labute approximate surface area is 104 Å². The van der Waals surface area contributed by atoms with Crippen molar-refractivity contribution in [1.29, 1.82) is 0 Å². The number of ether oxygens (including phenoxy) is 1. The van der Waals surface area contributed by atoms with Gasteiger partial charge in [0.05, 0.1) is 13.2 Å². The summed E-state index contributed by atoms with van der Waals surface area (Å²) in [6, 6.07) is 10.9. The number of piperidine rings is 1. The predicted octanol–water partition coefficient (Wildman–Crippen LogP) is 2.86. The van der Waals surface area contributed by atoms with Crippen molar-refractivity contribution in [2.24, 2.45) is 0 Å². The van der Waals surface area contributed by atoms with Gasteiger partial charge in [0.1, 0.15) is 0 Å². The van der Waals surface area contributed by atoms with E-state index in [1.807, 2.05) is 18.2 Å². The zero-order chi connectivity index (χ0) is 11.8. The predicted molar refractivity (Wildman–Crippen MR) is 71.9 cm³/mol. The van der Waals surface area contributed by atoms with E-state index in [0.717, 1.165) is 13.2 Å². The zero-order valence-corrected chi connectivity index (χ0v) is 10.3. The van der Waals surface area contributed by atoms with Crippen LogP contribution >= 0.6 is 0 Å². The van der Waals surface area contributed by atoms with Gasteiger partial charge in [-0.05, 0) is 24.9 Å². The van der Waals surface area contributed by atoms with E-state index in [4.69, 9.17) is 4.74 Å². The highest BCUT2D eigenvalue weighted by atomic mass is 16.5. The molecule has 1 saturated heterocycles. The first-order valence-corrected chi connectivity index (χ1v) is 6.48. The summed E-state index contributed by atoms with van der Waals surface area (Å²) in [6.45, 7) is 2.68. The second-order valence-electron chi connectivity index (χ2n) is 4.50. The summed E-state index contributed by atoms with van der Waals surface area (Å²) in [7, 11) is 0. The Hall–Kier alpha value is -1.12. The van der Waals surface area contributed by atoms with Gasteiger partial charge >= 0.3 is 0 Å². The van der Waals surface area contributed by atoms with Crippen molar-refractivity contribution in [2.45, 2.75) is 25.3 Å². The summed E-state index contributed by atoms with van der Waals surface area (Å²) >= 11 is 0. The molecule has 1 N–H and O–H groups in total. The smallest absolute Gasteiger partial charge is 0.0651 e. The summed E-state index contributed by atoms with van der Waals surface area (Å²) in [5, 5.41) is 3.48. The minimum absolute atomic E-state index is 0.564. The maximum Gasteiger partial charge on any atom is 0.0651 e. The molecule has 2 heteroatoms. The molecule has 1 heterocycles. The Kier molecular flexibility index (Phi) is 5.27. The first-order valence-electron chi connectivity index (χ1n) is 6.48. The fourth-order valence-electron chi connectivity index (χ4n) is 2.09. The van der Waals surface area contributed by atoms with Gasteiger partial charge in [0, 0.05) is 6.04 Å². The standard InChI is InChI=1S/C15H21NO/c1-2-7-14(8-3-1)9-6-12-17-13-15-10-4-5-11-16-15/h1-3,6-9,15-16H,4-5,10-13H2. The van der Waals surface area contributed by atoms with E-state index in [1.54, 1.807) is 0 Å². The molecule has 1 fully saturated rings. The second kappa shape index (κ2) is 7.25. The monoisotopic (exact) mass is 231 g/mol. The van der Waals surface area contributed by atoms with Crippen molar-refractivity contribution >= 4 is 6.08 Å². The quantitative estimate of drug-likeness (QED) is 0.787. The molecule has 1 aromatic carbocycles. The lowest BCUT2D eigenvalue weighted by Gasteiger charge is -2.22. The second-order valence-corrected chi connectivity index (χ2v) is 4.50. The minimum Gasteiger partial charge on any atom is -0.376 e. The molecule has 0 aromatic heterocycles. The van der Waals surface area contributed by atoms with Gasteiger partial charge in [0.25, 0.3) is 0 Å². The van der Waals surface area contributed by atoms with E-state index in [2.05, 4.69) is 29.6 Å². The van der Waals surface area contributed by atoms with Crippen LogP contribution in [-0.2, 0) is 4.74 Å². The third kappa shape index (κ3) is 4.72. The third-order valence-corrected chi connectivity index (χ3v) is 3.06. The van der Waals surface area contributed by atoms with Crippen LogP contribution in [0, 0.1) is 0 Å². The van der Waals surface area contributed by atoms with Crippen LogP contribution in [0.4, 0.5) is 0 Å². The highest BCUT2D eigenvalue weighted by Crippen LogP contribution is 2.07. The van der Waals surface area contributed by atoms with Gasteiger partial charge in [-0.25, -0.2) is 0 Å². The van der Waals surface area contributed by atoms with Gasteiger partial charge in [-0.3, -0.25) is 0 Å². The summed E-state index contributed by atoms with van der Waals surface area (Å²) in [5.41, 5.74) is 1.23. The lowest BCUT2D eigenvalue weighted by atomic mass is 10.1. The normalized spacial score (nSPS) is 20.8. The topological polar surface area (TPSA) is 21.3 Å². The van der Waals surface area contributed by atoms with Crippen molar-refractivity contribution < 1.29 is 4.74 Å². The molecule has 0 aliphatic carbocycles. The van der Waals surface area contributed by atoms with E-state index < -0.39 is 0 Å². The van der Waals surface area contributed by atoms with Crippen molar-refractivity contribution in [2.75, 3.05) is 19.8 Å². The van der Waals surface area contributed by atoms with Crippen LogP contribution in [0.15, 0.2) is 36.4 Å². The third-order valence-electron chi connectivity index (χ3n) is 3.06. The number of hydrogen-bond acceptors (Lipinski definition) is 2. The van der Waals surface area contributed by atoms with Crippen LogP contribution in [0.5, 0.6) is 0 Å². The van der Waals surface area contributed by atoms with E-state index in [0.29, 0.717) is 12.6 Å². The lowest BCUT2D eigenvalue weighted by Crippen LogP contribution is -2.37. The fraction of sp³-hybridized carbons (Fsp3) is 0.467. The van der Waals surface area contributed by atoms with Gasteiger partial charge in [0.2, 0.25) is 0 Å². The van der Waals surface area contributed by atoms with Gasteiger partial charge in [-0.15, -0.1) is 0 Å². The molecule has 1 aliphatic heterocycles. The molecule has 2 nitrogen and oxygen atoms in total. The molecule has 2 rings (SSSR count). The van der Waals surface area contributed by atoms with Gasteiger partial charge < -0.3 is 10.1 Å². The van der Waals surface area contributed by atoms with Crippen molar-refractivity contribution in [3.05, 3.63) is 42.0 Å². The number of nitrogens with one attached hydrogen (secondary N) is 1. The van der Waals surface area contributed by atoms with E-state index in [1.165, 1.54) is 24.8 Å². The molecule has 0 bridgehead atoms. The Morgan fingerprint density at radius 1 is 1.24 bits per heavy atom. The highest BCUT2D eigenvalue weighted by Gasteiger charge is 2.11. The maximum absolute atomic E-state index is 5.65. The first-order chi connectivity index (χ1) is 8.45. The number of benzene rings is 1. The Bertz CT molecular complexity index is 328. The van der Waals surface area contributed by atoms with E-state index in [9.17, 15) is 0 Å².